The van der Waals surface area contributed by atoms with Crippen molar-refractivity contribution in [3.05, 3.63) is 107 Å². The molecule has 1 saturated carbocycles. The average molecular weight is 563 g/mol. The van der Waals surface area contributed by atoms with E-state index >= 15 is 0 Å². The van der Waals surface area contributed by atoms with Gasteiger partial charge in [-0.1, -0.05) is 73.4 Å². The Bertz CT molecular complexity index is 1740. The summed E-state index contributed by atoms with van der Waals surface area (Å²) in [5.74, 6) is 0.685. The van der Waals surface area contributed by atoms with Gasteiger partial charge in [-0.15, -0.1) is 0 Å². The van der Waals surface area contributed by atoms with E-state index in [9.17, 15) is 4.79 Å². The number of nitrogens with zero attached hydrogens (tertiary/aromatic N) is 1. The van der Waals surface area contributed by atoms with E-state index in [0.29, 0.717) is 17.8 Å². The summed E-state index contributed by atoms with van der Waals surface area (Å²) >= 11 is 1.33. The molecule has 208 valence electrons. The quantitative estimate of drug-likeness (QED) is 0.103. The van der Waals surface area contributed by atoms with Crippen LogP contribution in [0.3, 0.4) is 0 Å². The van der Waals surface area contributed by atoms with E-state index in [1.165, 1.54) is 24.0 Å². The van der Waals surface area contributed by atoms with Crippen molar-refractivity contribution < 1.29 is 8.98 Å². The van der Waals surface area contributed by atoms with Crippen LogP contribution in [0.5, 0.6) is 5.75 Å². The minimum Gasteiger partial charge on any atom is -0.421 e. The number of amides is 1. The van der Waals surface area contributed by atoms with Gasteiger partial charge >= 0.3 is 0 Å². The zero-order chi connectivity index (χ0) is 28.3. The summed E-state index contributed by atoms with van der Waals surface area (Å²) in [6, 6.07) is 28.5. The fourth-order valence-electron chi connectivity index (χ4n) is 5.69. The van der Waals surface area contributed by atoms with Crippen molar-refractivity contribution in [3.8, 4) is 5.75 Å². The second-order valence-corrected chi connectivity index (χ2v) is 11.7. The molecule has 7 heteroatoms. The number of aryl methyl sites for hydroxylation is 1. The Morgan fingerprint density at radius 1 is 0.976 bits per heavy atom. The normalized spacial score (nSPS) is 13.9. The van der Waals surface area contributed by atoms with Crippen molar-refractivity contribution >= 4 is 45.5 Å². The number of rotatable bonds is 8. The molecule has 0 aliphatic heterocycles. The van der Waals surface area contributed by atoms with Crippen molar-refractivity contribution in [2.45, 2.75) is 56.5 Å². The van der Waals surface area contributed by atoms with Crippen LogP contribution < -0.4 is 15.2 Å². The summed E-state index contributed by atoms with van der Waals surface area (Å²) in [6.07, 6.45) is 5.56. The number of carbonyl (C=O) groups excluding carboxylic acids is 1. The minimum absolute atomic E-state index is 0.00170. The third-order valence-corrected chi connectivity index (χ3v) is 8.63. The fraction of sp³-hybridized carbons (Fsp3) is 0.235. The van der Waals surface area contributed by atoms with Gasteiger partial charge in [-0.25, -0.2) is 0 Å². The number of nitrogens with one attached hydrogen (secondary N) is 2. The van der Waals surface area contributed by atoms with Crippen LogP contribution >= 0.6 is 12.0 Å². The first-order valence-corrected chi connectivity index (χ1v) is 14.9. The first-order chi connectivity index (χ1) is 19.9. The highest BCUT2D eigenvalue weighted by molar-refractivity contribution is 7.95. The van der Waals surface area contributed by atoms with E-state index in [1.807, 2.05) is 36.4 Å². The lowest BCUT2D eigenvalue weighted by molar-refractivity contribution is 0.0919. The Morgan fingerprint density at radius 3 is 2.54 bits per heavy atom. The highest BCUT2D eigenvalue weighted by atomic mass is 32.2. The lowest BCUT2D eigenvalue weighted by atomic mass is 9.95. The van der Waals surface area contributed by atoms with Crippen molar-refractivity contribution in [2.24, 2.45) is 5.73 Å². The number of nitrogens with two attached hydrogens (primary N) is 1. The van der Waals surface area contributed by atoms with E-state index < -0.39 is 0 Å². The second kappa shape index (κ2) is 11.7. The zero-order valence-corrected chi connectivity index (χ0v) is 24.0. The summed E-state index contributed by atoms with van der Waals surface area (Å²) in [4.78, 5) is 14.7. The van der Waals surface area contributed by atoms with Crippen molar-refractivity contribution in [1.29, 1.82) is 5.41 Å². The van der Waals surface area contributed by atoms with Gasteiger partial charge in [0.25, 0.3) is 5.91 Å². The molecule has 1 aliphatic rings. The minimum atomic E-state index is -0.0656. The Labute approximate surface area is 244 Å². The van der Waals surface area contributed by atoms with Crippen LogP contribution in [0.2, 0.25) is 0 Å². The number of hydrogen-bond acceptors (Lipinski definition) is 4. The van der Waals surface area contributed by atoms with E-state index in [4.69, 9.17) is 15.3 Å². The predicted octanol–water partition coefficient (Wildman–Crippen LogP) is 7.58. The first-order valence-electron chi connectivity index (χ1n) is 14.2. The van der Waals surface area contributed by atoms with Gasteiger partial charge in [-0.3, -0.25) is 10.2 Å². The Morgan fingerprint density at radius 2 is 1.76 bits per heavy atom. The van der Waals surface area contributed by atoms with Crippen LogP contribution in [-0.4, -0.2) is 22.4 Å². The standard InChI is InChI=1S/C34H34N4O2S/c1-22-11-15-29(16-12-22)41-40-28-17-23-7-5-6-10-30(23)26(18-28)21-38-31-20-25(33(35)36)14-13-24(31)19-32(38)34(39)37-27-8-3-2-4-9-27/h5-7,10-20,27H,2-4,8-9,21H2,1H3,(H3,35,36)(H,37,39). The molecule has 0 spiro atoms. The molecule has 0 atom stereocenters. The summed E-state index contributed by atoms with van der Waals surface area (Å²) in [5.41, 5.74) is 10.2. The molecule has 4 N–H and O–H groups in total. The van der Waals surface area contributed by atoms with Crippen molar-refractivity contribution in [1.82, 2.24) is 9.88 Å². The largest absolute Gasteiger partial charge is 0.421 e. The number of hydrogen-bond donors (Lipinski definition) is 3. The smallest absolute Gasteiger partial charge is 0.268 e. The van der Waals surface area contributed by atoms with Gasteiger partial charge in [-0.05, 0) is 72.5 Å². The molecular formula is C34H34N4O2S. The SMILES string of the molecule is Cc1ccc(SOc2cc(Cn3c(C(=O)NC4CCCCC4)cc4ccc(C(=N)N)cc43)c3ccccc3c2)cc1. The third-order valence-electron chi connectivity index (χ3n) is 7.89. The number of carbonyl (C=O) groups is 1. The van der Waals surface area contributed by atoms with Gasteiger partial charge in [0.1, 0.15) is 17.3 Å². The molecule has 4 aromatic carbocycles. The van der Waals surface area contributed by atoms with Gasteiger partial charge in [0.05, 0.1) is 12.0 Å². The topological polar surface area (TPSA) is 93.1 Å². The maximum atomic E-state index is 13.7. The molecule has 0 saturated heterocycles. The summed E-state index contributed by atoms with van der Waals surface area (Å²) < 4.78 is 8.25. The van der Waals surface area contributed by atoms with E-state index in [-0.39, 0.29) is 17.8 Å². The summed E-state index contributed by atoms with van der Waals surface area (Å²) in [7, 11) is 0. The molecule has 1 fully saturated rings. The molecule has 1 aromatic heterocycles. The highest BCUT2D eigenvalue weighted by Crippen LogP contribution is 2.32. The van der Waals surface area contributed by atoms with Gasteiger partial charge < -0.3 is 19.8 Å². The number of amidine groups is 1. The predicted molar refractivity (Wildman–Crippen MR) is 168 cm³/mol. The van der Waals surface area contributed by atoms with Crippen LogP contribution in [0.4, 0.5) is 0 Å². The molecule has 6 rings (SSSR count). The maximum absolute atomic E-state index is 13.7. The lowest BCUT2D eigenvalue weighted by Crippen LogP contribution is -2.37. The molecule has 1 amide bonds. The molecule has 5 aromatic rings. The Hall–Kier alpha value is -4.23. The zero-order valence-electron chi connectivity index (χ0n) is 23.2. The molecule has 1 aliphatic carbocycles. The molecule has 0 bridgehead atoms. The second-order valence-electron chi connectivity index (χ2n) is 10.9. The van der Waals surface area contributed by atoms with Gasteiger partial charge in [0.15, 0.2) is 0 Å². The molecule has 0 radical (unpaired) electrons. The van der Waals surface area contributed by atoms with E-state index in [2.05, 4.69) is 65.3 Å². The third kappa shape index (κ3) is 5.95. The van der Waals surface area contributed by atoms with Gasteiger partial charge in [-0.2, -0.15) is 0 Å². The van der Waals surface area contributed by atoms with E-state index in [0.717, 1.165) is 63.6 Å². The van der Waals surface area contributed by atoms with E-state index in [1.54, 1.807) is 0 Å². The molecule has 41 heavy (non-hydrogen) atoms. The molecule has 6 nitrogen and oxygen atoms in total. The summed E-state index contributed by atoms with van der Waals surface area (Å²) in [6.45, 7) is 2.53. The first kappa shape index (κ1) is 27.0. The Kier molecular flexibility index (Phi) is 7.70. The summed E-state index contributed by atoms with van der Waals surface area (Å²) in [5, 5.41) is 14.4. The highest BCUT2D eigenvalue weighted by Gasteiger charge is 2.22. The van der Waals surface area contributed by atoms with Gasteiger partial charge in [0.2, 0.25) is 0 Å². The van der Waals surface area contributed by atoms with Crippen LogP contribution in [0.1, 0.15) is 59.3 Å². The van der Waals surface area contributed by atoms with Crippen LogP contribution in [0.15, 0.2) is 89.8 Å². The number of aromatic nitrogens is 1. The van der Waals surface area contributed by atoms with Crippen LogP contribution in [0.25, 0.3) is 21.7 Å². The molecular weight excluding hydrogens is 528 g/mol. The maximum Gasteiger partial charge on any atom is 0.268 e. The van der Waals surface area contributed by atoms with Crippen molar-refractivity contribution in [2.75, 3.05) is 0 Å². The number of benzene rings is 4. The number of fused-ring (bicyclic) bond motifs is 2. The van der Waals surface area contributed by atoms with Crippen molar-refractivity contribution in [3.63, 3.8) is 0 Å². The van der Waals surface area contributed by atoms with Gasteiger partial charge in [0, 0.05) is 33.9 Å². The fourth-order valence-corrected chi connectivity index (χ4v) is 6.22. The Balaban J connectivity index is 1.40. The monoisotopic (exact) mass is 562 g/mol. The average Bonchev–Trinajstić information content (AvgIpc) is 3.35. The molecule has 1 heterocycles. The number of nitrogen functional groups attached to an aromatic ring is 1. The van der Waals surface area contributed by atoms with Crippen LogP contribution in [-0.2, 0) is 6.54 Å². The lowest BCUT2D eigenvalue weighted by Gasteiger charge is -2.23. The molecule has 0 unspecified atom stereocenters. The van der Waals surface area contributed by atoms with Crippen LogP contribution in [0, 0.1) is 12.3 Å².